The summed E-state index contributed by atoms with van der Waals surface area (Å²) in [6.07, 6.45) is 0. The molecule has 0 bridgehead atoms. The number of hydrogen-bond acceptors (Lipinski definition) is 2. The predicted octanol–water partition coefficient (Wildman–Crippen LogP) is 3.96. The quantitative estimate of drug-likeness (QED) is 0.849. The molecule has 5 heteroatoms. The lowest BCUT2D eigenvalue weighted by molar-refractivity contribution is 0.0786. The van der Waals surface area contributed by atoms with Crippen LogP contribution in [0.1, 0.15) is 15.9 Å². The number of nitrogen functional groups attached to an aromatic ring is 1. The lowest BCUT2D eigenvalue weighted by Gasteiger charge is -2.18. The van der Waals surface area contributed by atoms with Crippen LogP contribution in [0.2, 0.25) is 5.02 Å². The van der Waals surface area contributed by atoms with E-state index >= 15 is 0 Å². The topological polar surface area (TPSA) is 46.3 Å². The van der Waals surface area contributed by atoms with E-state index in [4.69, 9.17) is 17.3 Å². The summed E-state index contributed by atoms with van der Waals surface area (Å²) in [5.41, 5.74) is 7.75. The van der Waals surface area contributed by atoms with Gasteiger partial charge in [0, 0.05) is 28.8 Å². The van der Waals surface area contributed by atoms with Gasteiger partial charge in [-0.15, -0.1) is 0 Å². The lowest BCUT2D eigenvalue weighted by atomic mass is 10.1. The van der Waals surface area contributed by atoms with E-state index < -0.39 is 0 Å². The summed E-state index contributed by atoms with van der Waals surface area (Å²) >= 11 is 9.22. The number of nitrogens with zero attached hydrogens (tertiary/aromatic N) is 1. The van der Waals surface area contributed by atoms with Gasteiger partial charge in [-0.3, -0.25) is 4.79 Å². The Labute approximate surface area is 131 Å². The maximum atomic E-state index is 12.3. The Balaban J connectivity index is 2.14. The van der Waals surface area contributed by atoms with Crippen molar-refractivity contribution in [2.75, 3.05) is 12.8 Å². The number of benzene rings is 2. The molecule has 0 saturated carbocycles. The molecule has 2 rings (SSSR count). The van der Waals surface area contributed by atoms with Crippen molar-refractivity contribution in [2.45, 2.75) is 6.54 Å². The molecule has 104 valence electrons. The maximum absolute atomic E-state index is 12.3. The molecular weight excluding hydrogens is 340 g/mol. The summed E-state index contributed by atoms with van der Waals surface area (Å²) in [5.74, 6) is -0.123. The van der Waals surface area contributed by atoms with Crippen LogP contribution in [0.25, 0.3) is 0 Å². The van der Waals surface area contributed by atoms with Crippen LogP contribution in [0.3, 0.4) is 0 Å². The van der Waals surface area contributed by atoms with E-state index in [0.717, 1.165) is 10.0 Å². The monoisotopic (exact) mass is 352 g/mol. The van der Waals surface area contributed by atoms with Crippen LogP contribution in [0.5, 0.6) is 0 Å². The largest absolute Gasteiger partial charge is 0.398 e. The van der Waals surface area contributed by atoms with Gasteiger partial charge >= 0.3 is 0 Å². The summed E-state index contributed by atoms with van der Waals surface area (Å²) in [7, 11) is 1.75. The van der Waals surface area contributed by atoms with E-state index in [-0.39, 0.29) is 5.91 Å². The average molecular weight is 354 g/mol. The van der Waals surface area contributed by atoms with E-state index in [1.807, 2.05) is 24.3 Å². The predicted molar refractivity (Wildman–Crippen MR) is 85.8 cm³/mol. The molecule has 20 heavy (non-hydrogen) atoms. The van der Waals surface area contributed by atoms with Crippen LogP contribution in [-0.2, 0) is 6.54 Å². The third-order valence-corrected chi connectivity index (χ3v) is 3.69. The highest BCUT2D eigenvalue weighted by Crippen LogP contribution is 2.20. The summed E-state index contributed by atoms with van der Waals surface area (Å²) < 4.78 is 1.01. The molecule has 1 amide bonds. The van der Waals surface area contributed by atoms with Crippen LogP contribution in [0.4, 0.5) is 5.69 Å². The smallest absolute Gasteiger partial charge is 0.255 e. The summed E-state index contributed by atoms with van der Waals surface area (Å²) in [6.45, 7) is 0.522. The molecule has 2 aromatic carbocycles. The van der Waals surface area contributed by atoms with Gasteiger partial charge in [0.1, 0.15) is 0 Å². The first-order valence-corrected chi connectivity index (χ1v) is 7.19. The van der Waals surface area contributed by atoms with Crippen LogP contribution < -0.4 is 5.73 Å². The molecule has 2 aromatic rings. The van der Waals surface area contributed by atoms with E-state index in [2.05, 4.69) is 15.9 Å². The van der Waals surface area contributed by atoms with Gasteiger partial charge in [0.05, 0.1) is 5.56 Å². The molecular formula is C15H14BrClN2O. The van der Waals surface area contributed by atoms with Crippen molar-refractivity contribution in [3.63, 3.8) is 0 Å². The van der Waals surface area contributed by atoms with Crippen molar-refractivity contribution in [3.8, 4) is 0 Å². The molecule has 0 unspecified atom stereocenters. The van der Waals surface area contributed by atoms with E-state index in [0.29, 0.717) is 22.8 Å². The van der Waals surface area contributed by atoms with Gasteiger partial charge in [0.15, 0.2) is 0 Å². The SMILES string of the molecule is CN(Cc1ccc(Br)cc1)C(=O)c1ccc(Cl)cc1N. The first kappa shape index (κ1) is 14.9. The van der Waals surface area contributed by atoms with E-state index in [1.54, 1.807) is 30.1 Å². The Morgan fingerprint density at radius 1 is 1.25 bits per heavy atom. The van der Waals surface area contributed by atoms with Crippen molar-refractivity contribution >= 4 is 39.1 Å². The third kappa shape index (κ3) is 3.52. The highest BCUT2D eigenvalue weighted by atomic mass is 79.9. The minimum atomic E-state index is -0.123. The first-order chi connectivity index (χ1) is 9.47. The van der Waals surface area contributed by atoms with Crippen LogP contribution in [0.15, 0.2) is 46.9 Å². The highest BCUT2D eigenvalue weighted by Gasteiger charge is 2.15. The van der Waals surface area contributed by atoms with Gasteiger partial charge in [0.25, 0.3) is 5.91 Å². The Kier molecular flexibility index (Phi) is 4.68. The Hall–Kier alpha value is -1.52. The molecule has 0 heterocycles. The number of carbonyl (C=O) groups is 1. The normalized spacial score (nSPS) is 10.3. The Bertz CT molecular complexity index is 628. The molecule has 0 aliphatic carbocycles. The second-order valence-electron chi connectivity index (χ2n) is 4.52. The summed E-state index contributed by atoms with van der Waals surface area (Å²) in [6, 6.07) is 12.7. The van der Waals surface area contributed by atoms with Gasteiger partial charge in [-0.05, 0) is 35.9 Å². The van der Waals surface area contributed by atoms with Crippen LogP contribution >= 0.6 is 27.5 Å². The standard InChI is InChI=1S/C15H14BrClN2O/c1-19(9-10-2-4-11(16)5-3-10)15(20)13-7-6-12(17)8-14(13)18/h2-8H,9,18H2,1H3. The first-order valence-electron chi connectivity index (χ1n) is 6.02. The van der Waals surface area contributed by atoms with Gasteiger partial charge < -0.3 is 10.6 Å². The van der Waals surface area contributed by atoms with Crippen LogP contribution in [-0.4, -0.2) is 17.9 Å². The van der Waals surface area contributed by atoms with Gasteiger partial charge in [-0.1, -0.05) is 39.7 Å². The number of rotatable bonds is 3. The number of halogens is 2. The molecule has 0 saturated heterocycles. The zero-order chi connectivity index (χ0) is 14.7. The maximum Gasteiger partial charge on any atom is 0.255 e. The fraction of sp³-hybridized carbons (Fsp3) is 0.133. The highest BCUT2D eigenvalue weighted by molar-refractivity contribution is 9.10. The lowest BCUT2D eigenvalue weighted by Crippen LogP contribution is -2.26. The van der Waals surface area contributed by atoms with Crippen molar-refractivity contribution in [3.05, 3.63) is 63.1 Å². The molecule has 3 nitrogen and oxygen atoms in total. The second kappa shape index (κ2) is 6.29. The summed E-state index contributed by atoms with van der Waals surface area (Å²) in [4.78, 5) is 14.0. The number of amides is 1. The van der Waals surface area contributed by atoms with Crippen molar-refractivity contribution < 1.29 is 4.79 Å². The van der Waals surface area contributed by atoms with Gasteiger partial charge in [0.2, 0.25) is 0 Å². The third-order valence-electron chi connectivity index (χ3n) is 2.92. The van der Waals surface area contributed by atoms with Gasteiger partial charge in [-0.2, -0.15) is 0 Å². The summed E-state index contributed by atoms with van der Waals surface area (Å²) in [5, 5.41) is 0.523. The van der Waals surface area contributed by atoms with Crippen molar-refractivity contribution in [1.29, 1.82) is 0 Å². The van der Waals surface area contributed by atoms with Crippen molar-refractivity contribution in [1.82, 2.24) is 4.90 Å². The van der Waals surface area contributed by atoms with E-state index in [9.17, 15) is 4.79 Å². The van der Waals surface area contributed by atoms with Crippen molar-refractivity contribution in [2.24, 2.45) is 0 Å². The molecule has 0 aliphatic rings. The zero-order valence-electron chi connectivity index (χ0n) is 10.9. The van der Waals surface area contributed by atoms with Crippen LogP contribution in [0, 0.1) is 0 Å². The minimum Gasteiger partial charge on any atom is -0.398 e. The Morgan fingerprint density at radius 2 is 1.90 bits per heavy atom. The molecule has 0 aromatic heterocycles. The average Bonchev–Trinajstić information content (AvgIpc) is 2.40. The molecule has 0 atom stereocenters. The number of anilines is 1. The molecule has 2 N–H and O–H groups in total. The fourth-order valence-corrected chi connectivity index (χ4v) is 2.31. The number of carbonyl (C=O) groups excluding carboxylic acids is 1. The molecule has 0 fully saturated rings. The molecule has 0 spiro atoms. The number of nitrogens with two attached hydrogens (primary N) is 1. The second-order valence-corrected chi connectivity index (χ2v) is 5.87. The minimum absolute atomic E-state index is 0.123. The fourth-order valence-electron chi connectivity index (χ4n) is 1.87. The molecule has 0 radical (unpaired) electrons. The van der Waals surface area contributed by atoms with E-state index in [1.165, 1.54) is 0 Å². The molecule has 0 aliphatic heterocycles. The Morgan fingerprint density at radius 3 is 2.50 bits per heavy atom. The zero-order valence-corrected chi connectivity index (χ0v) is 13.3. The van der Waals surface area contributed by atoms with Gasteiger partial charge in [-0.25, -0.2) is 0 Å². The number of hydrogen-bond donors (Lipinski definition) is 1.